The molecule has 0 bridgehead atoms. The van der Waals surface area contributed by atoms with Gasteiger partial charge in [0.25, 0.3) is 5.91 Å². The molecular weight excluding hydrogens is 451 g/mol. The van der Waals surface area contributed by atoms with E-state index < -0.39 is 18.5 Å². The maximum absolute atomic E-state index is 12.8. The van der Waals surface area contributed by atoms with E-state index >= 15 is 0 Å². The van der Waals surface area contributed by atoms with Crippen molar-refractivity contribution in [2.45, 2.75) is 19.9 Å². The molecule has 0 unspecified atom stereocenters. The number of nitriles is 1. The van der Waals surface area contributed by atoms with Crippen molar-refractivity contribution >= 4 is 40.8 Å². The largest absolute Gasteiger partial charge is 0.452 e. The van der Waals surface area contributed by atoms with Crippen molar-refractivity contribution < 1.29 is 14.3 Å². The van der Waals surface area contributed by atoms with Crippen molar-refractivity contribution in [2.24, 2.45) is 0 Å². The Morgan fingerprint density at radius 2 is 1.91 bits per heavy atom. The van der Waals surface area contributed by atoms with Gasteiger partial charge in [0, 0.05) is 17.3 Å². The molecule has 1 heterocycles. The fourth-order valence-corrected chi connectivity index (χ4v) is 3.62. The summed E-state index contributed by atoms with van der Waals surface area (Å²) in [5.74, 6) is -1.23. The van der Waals surface area contributed by atoms with Gasteiger partial charge in [-0.1, -0.05) is 59.6 Å². The molecule has 32 heavy (non-hydrogen) atoms. The summed E-state index contributed by atoms with van der Waals surface area (Å²) in [5.41, 5.74) is 2.00. The number of nitrogens with zero attached hydrogens (tertiary/aromatic N) is 4. The number of carbonyl (C=O) groups is 2. The highest BCUT2D eigenvalue weighted by molar-refractivity contribution is 6.32. The molecule has 1 amide bonds. The van der Waals surface area contributed by atoms with Gasteiger partial charge in [-0.15, -0.1) is 0 Å². The minimum absolute atomic E-state index is 0.113. The van der Waals surface area contributed by atoms with E-state index in [0.29, 0.717) is 22.9 Å². The molecule has 0 spiro atoms. The van der Waals surface area contributed by atoms with Gasteiger partial charge in [-0.05, 0) is 30.7 Å². The van der Waals surface area contributed by atoms with Crippen LogP contribution in [0.15, 0.2) is 54.6 Å². The van der Waals surface area contributed by atoms with Crippen LogP contribution in [0.5, 0.6) is 0 Å². The van der Waals surface area contributed by atoms with E-state index in [2.05, 4.69) is 5.10 Å². The number of hydrogen-bond acceptors (Lipinski definition) is 5. The maximum atomic E-state index is 12.8. The molecule has 0 aliphatic heterocycles. The molecule has 9 heteroatoms. The predicted octanol–water partition coefficient (Wildman–Crippen LogP) is 4.65. The number of anilines is 1. The normalized spacial score (nSPS) is 10.4. The quantitative estimate of drug-likeness (QED) is 0.447. The summed E-state index contributed by atoms with van der Waals surface area (Å²) in [6.07, 6.45) is 0.114. The number of carbonyl (C=O) groups excluding carboxylic acids is 2. The lowest BCUT2D eigenvalue weighted by Crippen LogP contribution is -2.35. The summed E-state index contributed by atoms with van der Waals surface area (Å²) >= 11 is 12.4. The molecule has 0 N–H and O–H groups in total. The predicted molar refractivity (Wildman–Crippen MR) is 122 cm³/mol. The van der Waals surface area contributed by atoms with Gasteiger partial charge in [0.1, 0.15) is 10.7 Å². The molecule has 0 saturated heterocycles. The van der Waals surface area contributed by atoms with Crippen LogP contribution in [-0.4, -0.2) is 34.8 Å². The van der Waals surface area contributed by atoms with Crippen LogP contribution in [0.1, 0.15) is 28.0 Å². The van der Waals surface area contributed by atoms with Crippen LogP contribution in [0, 0.1) is 18.3 Å². The van der Waals surface area contributed by atoms with Crippen LogP contribution < -0.4 is 4.90 Å². The van der Waals surface area contributed by atoms with Gasteiger partial charge in [0.2, 0.25) is 0 Å². The van der Waals surface area contributed by atoms with E-state index in [9.17, 15) is 9.59 Å². The van der Waals surface area contributed by atoms with Crippen molar-refractivity contribution in [3.63, 3.8) is 0 Å². The highest BCUT2D eigenvalue weighted by Crippen LogP contribution is 2.23. The van der Waals surface area contributed by atoms with Gasteiger partial charge < -0.3 is 9.64 Å². The van der Waals surface area contributed by atoms with Gasteiger partial charge in [-0.25, -0.2) is 9.48 Å². The Hall–Kier alpha value is -3.34. The molecule has 0 aliphatic rings. The van der Waals surface area contributed by atoms with E-state index in [-0.39, 0.29) is 23.7 Å². The highest BCUT2D eigenvalue weighted by atomic mass is 35.5. The molecule has 0 radical (unpaired) electrons. The number of aryl methyl sites for hydroxylation is 1. The first-order chi connectivity index (χ1) is 15.4. The van der Waals surface area contributed by atoms with Gasteiger partial charge >= 0.3 is 5.97 Å². The average molecular weight is 471 g/mol. The Balaban J connectivity index is 1.71. The fourth-order valence-electron chi connectivity index (χ4n) is 3.13. The van der Waals surface area contributed by atoms with Crippen LogP contribution in [0.3, 0.4) is 0 Å². The Morgan fingerprint density at radius 1 is 1.16 bits per heavy atom. The number of ether oxygens (including phenoxy) is 1. The van der Waals surface area contributed by atoms with Gasteiger partial charge in [0.15, 0.2) is 6.61 Å². The monoisotopic (exact) mass is 470 g/mol. The average Bonchev–Trinajstić information content (AvgIpc) is 3.06. The smallest absolute Gasteiger partial charge is 0.343 e. The summed E-state index contributed by atoms with van der Waals surface area (Å²) in [5, 5.41) is 13.8. The molecule has 3 aromatic rings. The molecule has 0 saturated carbocycles. The summed E-state index contributed by atoms with van der Waals surface area (Å²) in [7, 11) is 0. The van der Waals surface area contributed by atoms with Crippen LogP contribution >= 0.6 is 23.2 Å². The number of aromatic nitrogens is 2. The second-order valence-corrected chi connectivity index (χ2v) is 7.70. The van der Waals surface area contributed by atoms with Crippen LogP contribution in [0.2, 0.25) is 10.2 Å². The van der Waals surface area contributed by atoms with Gasteiger partial charge in [-0.2, -0.15) is 10.4 Å². The summed E-state index contributed by atoms with van der Waals surface area (Å²) in [6, 6.07) is 18.2. The second-order valence-electron chi connectivity index (χ2n) is 6.90. The Labute approximate surface area is 195 Å². The van der Waals surface area contributed by atoms with Crippen molar-refractivity contribution in [1.29, 1.82) is 5.26 Å². The third-order valence-electron chi connectivity index (χ3n) is 4.64. The lowest BCUT2D eigenvalue weighted by molar-refractivity contribution is -0.121. The zero-order chi connectivity index (χ0) is 23.1. The van der Waals surface area contributed by atoms with Crippen LogP contribution in [-0.2, 0) is 16.1 Å². The van der Waals surface area contributed by atoms with Crippen molar-refractivity contribution in [3.8, 4) is 6.07 Å². The molecule has 2 aromatic carbocycles. The Kier molecular flexibility index (Phi) is 7.87. The standard InChI is InChI=1S/C23H20Cl2N4O3/c1-16-21(22(25)29(27-16)14-17-7-3-2-4-8-17)23(31)32-15-20(30)28(12-6-11-26)19-10-5-9-18(24)13-19/h2-5,7-10,13H,6,12,14-15H2,1H3. The first-order valence-electron chi connectivity index (χ1n) is 9.77. The third-order valence-corrected chi connectivity index (χ3v) is 5.26. The van der Waals surface area contributed by atoms with E-state index in [1.54, 1.807) is 31.2 Å². The van der Waals surface area contributed by atoms with E-state index in [1.165, 1.54) is 9.58 Å². The zero-order valence-corrected chi connectivity index (χ0v) is 18.8. The molecular formula is C23H20Cl2N4O3. The number of hydrogen-bond donors (Lipinski definition) is 0. The van der Waals surface area contributed by atoms with Gasteiger partial charge in [-0.3, -0.25) is 4.79 Å². The molecule has 0 fully saturated rings. The van der Waals surface area contributed by atoms with Gasteiger partial charge in [0.05, 0.1) is 24.7 Å². The molecule has 164 valence electrons. The number of benzene rings is 2. The summed E-state index contributed by atoms with van der Waals surface area (Å²) in [4.78, 5) is 26.8. The van der Waals surface area contributed by atoms with Crippen molar-refractivity contribution in [3.05, 3.63) is 81.6 Å². The van der Waals surface area contributed by atoms with E-state index in [0.717, 1.165) is 5.56 Å². The Bertz CT molecular complexity index is 1160. The maximum Gasteiger partial charge on any atom is 0.343 e. The topological polar surface area (TPSA) is 88.2 Å². The second kappa shape index (κ2) is 10.8. The number of esters is 1. The molecule has 1 aromatic heterocycles. The lowest BCUT2D eigenvalue weighted by atomic mass is 10.2. The number of amides is 1. The third kappa shape index (κ3) is 5.67. The molecule has 0 atom stereocenters. The molecule has 3 rings (SSSR count). The van der Waals surface area contributed by atoms with Crippen molar-refractivity contribution in [1.82, 2.24) is 9.78 Å². The number of rotatable bonds is 8. The zero-order valence-electron chi connectivity index (χ0n) is 17.3. The first-order valence-corrected chi connectivity index (χ1v) is 10.5. The minimum Gasteiger partial charge on any atom is -0.452 e. The lowest BCUT2D eigenvalue weighted by Gasteiger charge is -2.21. The Morgan fingerprint density at radius 3 is 2.59 bits per heavy atom. The molecule has 7 nitrogen and oxygen atoms in total. The first kappa shape index (κ1) is 23.3. The highest BCUT2D eigenvalue weighted by Gasteiger charge is 2.24. The van der Waals surface area contributed by atoms with Crippen molar-refractivity contribution in [2.75, 3.05) is 18.1 Å². The number of halogens is 2. The van der Waals surface area contributed by atoms with E-state index in [1.807, 2.05) is 36.4 Å². The fraction of sp³-hybridized carbons (Fsp3) is 0.217. The SMILES string of the molecule is Cc1nn(Cc2ccccc2)c(Cl)c1C(=O)OCC(=O)N(CCC#N)c1cccc(Cl)c1. The summed E-state index contributed by atoms with van der Waals surface area (Å²) in [6.45, 7) is 1.67. The molecule has 0 aliphatic carbocycles. The minimum atomic E-state index is -0.744. The van der Waals surface area contributed by atoms with Crippen LogP contribution in [0.25, 0.3) is 0 Å². The summed E-state index contributed by atoms with van der Waals surface area (Å²) < 4.78 is 6.75. The van der Waals surface area contributed by atoms with E-state index in [4.69, 9.17) is 33.2 Å². The van der Waals surface area contributed by atoms with Crippen LogP contribution in [0.4, 0.5) is 5.69 Å².